The minimum absolute atomic E-state index is 0.106. The van der Waals surface area contributed by atoms with Crippen molar-refractivity contribution in [2.75, 3.05) is 22.9 Å². The molecule has 0 spiro atoms. The molecular weight excluding hydrogens is 400 g/mol. The first kappa shape index (κ1) is 22.1. The highest BCUT2D eigenvalue weighted by Crippen LogP contribution is 2.23. The normalized spacial score (nSPS) is 10.0. The maximum Gasteiger partial charge on any atom is 0.195 e. The fraction of sp³-hybridized carbons (Fsp3) is 0. The van der Waals surface area contributed by atoms with Crippen LogP contribution in [0.15, 0.2) is 97.1 Å². The van der Waals surface area contributed by atoms with Crippen molar-refractivity contribution in [3.8, 4) is 0 Å². The highest BCUT2D eigenvalue weighted by molar-refractivity contribution is 6.13. The van der Waals surface area contributed by atoms with Gasteiger partial charge in [-0.25, -0.2) is 0 Å². The molecule has 0 amide bonds. The zero-order valence-electron chi connectivity index (χ0n) is 17.4. The number of anilines is 4. The summed E-state index contributed by atoms with van der Waals surface area (Å²) in [5.74, 6) is -0.212. The number of para-hydroxylation sites is 2. The number of carbonyl (C=O) groups excluding carboxylic acids is 2. The van der Waals surface area contributed by atoms with Crippen molar-refractivity contribution in [3.05, 3.63) is 119 Å². The molecule has 0 aliphatic rings. The molecule has 6 nitrogen and oxygen atoms in total. The Labute approximate surface area is 186 Å². The average molecular weight is 425 g/mol. The van der Waals surface area contributed by atoms with Gasteiger partial charge in [0.25, 0.3) is 0 Å². The Hall–Kier alpha value is -4.58. The van der Waals surface area contributed by atoms with Crippen LogP contribution in [0.4, 0.5) is 22.7 Å². The van der Waals surface area contributed by atoms with Gasteiger partial charge in [0.15, 0.2) is 11.6 Å². The minimum Gasteiger partial charge on any atom is -0.397 e. The topological polar surface area (TPSA) is 138 Å². The average Bonchev–Trinajstić information content (AvgIpc) is 2.83. The zero-order valence-corrected chi connectivity index (χ0v) is 17.4. The molecule has 0 saturated heterocycles. The fourth-order valence-electron chi connectivity index (χ4n) is 3.05. The van der Waals surface area contributed by atoms with Crippen molar-refractivity contribution >= 4 is 34.3 Å². The van der Waals surface area contributed by atoms with Crippen LogP contribution in [0, 0.1) is 0 Å². The van der Waals surface area contributed by atoms with E-state index in [-0.39, 0.29) is 11.6 Å². The highest BCUT2D eigenvalue weighted by atomic mass is 16.1. The highest BCUT2D eigenvalue weighted by Gasteiger charge is 2.13. The summed E-state index contributed by atoms with van der Waals surface area (Å²) in [5, 5.41) is 0. The third kappa shape index (κ3) is 4.94. The van der Waals surface area contributed by atoms with Crippen molar-refractivity contribution in [1.82, 2.24) is 0 Å². The Bertz CT molecular complexity index is 1140. The van der Waals surface area contributed by atoms with E-state index in [1.165, 1.54) is 0 Å². The quantitative estimate of drug-likeness (QED) is 0.287. The van der Waals surface area contributed by atoms with E-state index in [9.17, 15) is 9.59 Å². The van der Waals surface area contributed by atoms with Crippen LogP contribution in [0.2, 0.25) is 0 Å². The number of ketones is 2. The fourth-order valence-corrected chi connectivity index (χ4v) is 3.05. The van der Waals surface area contributed by atoms with Crippen molar-refractivity contribution in [1.29, 1.82) is 0 Å². The predicted molar refractivity (Wildman–Crippen MR) is 130 cm³/mol. The van der Waals surface area contributed by atoms with Gasteiger partial charge in [-0.1, -0.05) is 72.8 Å². The minimum atomic E-state index is -0.106. The predicted octanol–water partition coefficient (Wildman–Crippen LogP) is 4.16. The molecule has 4 aromatic carbocycles. The molecule has 0 radical (unpaired) electrons. The zero-order chi connectivity index (χ0) is 23.1. The third-order valence-electron chi connectivity index (χ3n) is 4.84. The third-order valence-corrected chi connectivity index (χ3v) is 4.84. The van der Waals surface area contributed by atoms with E-state index >= 15 is 0 Å². The molecule has 32 heavy (non-hydrogen) atoms. The van der Waals surface area contributed by atoms with Gasteiger partial charge in [-0.2, -0.15) is 0 Å². The Morgan fingerprint density at radius 3 is 1.12 bits per heavy atom. The first-order chi connectivity index (χ1) is 15.4. The van der Waals surface area contributed by atoms with E-state index in [1.54, 1.807) is 60.7 Å². The Balaban J connectivity index is 0.000000181. The number of hydrogen-bond donors (Lipinski definition) is 4. The lowest BCUT2D eigenvalue weighted by molar-refractivity contribution is 0.103. The van der Waals surface area contributed by atoms with Gasteiger partial charge in [-0.3, -0.25) is 9.59 Å². The molecule has 0 unspecified atom stereocenters. The van der Waals surface area contributed by atoms with Crippen LogP contribution in [-0.2, 0) is 0 Å². The maximum atomic E-state index is 12.1. The molecule has 0 aliphatic heterocycles. The van der Waals surface area contributed by atoms with Gasteiger partial charge in [-0.05, 0) is 24.3 Å². The van der Waals surface area contributed by atoms with Crippen LogP contribution in [0.5, 0.6) is 0 Å². The van der Waals surface area contributed by atoms with Gasteiger partial charge in [0.1, 0.15) is 0 Å². The van der Waals surface area contributed by atoms with E-state index < -0.39 is 0 Å². The summed E-state index contributed by atoms with van der Waals surface area (Å²) in [5.41, 5.74) is 26.5. The lowest BCUT2D eigenvalue weighted by Gasteiger charge is -2.06. The van der Waals surface area contributed by atoms with Gasteiger partial charge < -0.3 is 22.9 Å². The number of benzene rings is 4. The smallest absolute Gasteiger partial charge is 0.195 e. The standard InChI is InChI=1S/2C13H12N2O/c2*14-11-8-4-7-10(12(11)15)13(16)9-5-2-1-3-6-9/h2*1-8H,14-15H2. The summed E-state index contributed by atoms with van der Waals surface area (Å²) >= 11 is 0. The van der Waals surface area contributed by atoms with Crippen LogP contribution < -0.4 is 22.9 Å². The lowest BCUT2D eigenvalue weighted by atomic mass is 10.0. The van der Waals surface area contributed by atoms with E-state index in [0.717, 1.165) is 0 Å². The van der Waals surface area contributed by atoms with Gasteiger partial charge in [0, 0.05) is 22.3 Å². The molecule has 0 saturated carbocycles. The molecule has 4 rings (SSSR count). The van der Waals surface area contributed by atoms with E-state index in [0.29, 0.717) is 45.0 Å². The Morgan fingerprint density at radius 2 is 0.781 bits per heavy atom. The van der Waals surface area contributed by atoms with Crippen molar-refractivity contribution in [2.45, 2.75) is 0 Å². The number of nitrogen functional groups attached to an aromatic ring is 4. The monoisotopic (exact) mass is 424 g/mol. The molecule has 0 heterocycles. The second-order valence-electron chi connectivity index (χ2n) is 7.01. The molecule has 0 bridgehead atoms. The molecule has 0 aromatic heterocycles. The number of carbonyl (C=O) groups is 2. The van der Waals surface area contributed by atoms with Crippen molar-refractivity contribution in [2.24, 2.45) is 0 Å². The van der Waals surface area contributed by atoms with E-state index in [2.05, 4.69) is 0 Å². The molecule has 4 aromatic rings. The second-order valence-corrected chi connectivity index (χ2v) is 7.01. The summed E-state index contributed by atoms with van der Waals surface area (Å²) in [6.45, 7) is 0. The Kier molecular flexibility index (Phi) is 6.88. The maximum absolute atomic E-state index is 12.1. The van der Waals surface area contributed by atoms with Crippen molar-refractivity contribution in [3.63, 3.8) is 0 Å². The molecule has 160 valence electrons. The number of nitrogens with two attached hydrogens (primary N) is 4. The SMILES string of the molecule is Nc1cccc(C(=O)c2ccccc2)c1N.Nc1cccc(C(=O)c2ccccc2)c1N. The van der Waals surface area contributed by atoms with Gasteiger partial charge in [0.2, 0.25) is 0 Å². The summed E-state index contributed by atoms with van der Waals surface area (Å²) in [4.78, 5) is 24.2. The van der Waals surface area contributed by atoms with Crippen LogP contribution in [-0.4, -0.2) is 11.6 Å². The molecule has 0 fully saturated rings. The van der Waals surface area contributed by atoms with Gasteiger partial charge in [0.05, 0.1) is 22.7 Å². The van der Waals surface area contributed by atoms with Gasteiger partial charge >= 0.3 is 0 Å². The summed E-state index contributed by atoms with van der Waals surface area (Å²) in [7, 11) is 0. The van der Waals surface area contributed by atoms with Crippen LogP contribution in [0.25, 0.3) is 0 Å². The summed E-state index contributed by atoms with van der Waals surface area (Å²) in [6.07, 6.45) is 0. The number of hydrogen-bond acceptors (Lipinski definition) is 6. The molecule has 0 aliphatic carbocycles. The van der Waals surface area contributed by atoms with Crippen molar-refractivity contribution < 1.29 is 9.59 Å². The largest absolute Gasteiger partial charge is 0.397 e. The molecule has 0 atom stereocenters. The van der Waals surface area contributed by atoms with Crippen LogP contribution in [0.3, 0.4) is 0 Å². The summed E-state index contributed by atoms with van der Waals surface area (Å²) < 4.78 is 0. The van der Waals surface area contributed by atoms with Gasteiger partial charge in [-0.15, -0.1) is 0 Å². The summed E-state index contributed by atoms with van der Waals surface area (Å²) in [6, 6.07) is 28.2. The molecule has 6 heteroatoms. The molecule has 8 N–H and O–H groups in total. The first-order valence-corrected chi connectivity index (χ1v) is 9.87. The van der Waals surface area contributed by atoms with E-state index in [1.807, 2.05) is 36.4 Å². The first-order valence-electron chi connectivity index (χ1n) is 9.87. The lowest BCUT2D eigenvalue weighted by Crippen LogP contribution is -2.07. The van der Waals surface area contributed by atoms with Crippen LogP contribution in [0.1, 0.15) is 31.8 Å². The Morgan fingerprint density at radius 1 is 0.438 bits per heavy atom. The molecular formula is C26H24N4O2. The van der Waals surface area contributed by atoms with Crippen LogP contribution >= 0.6 is 0 Å². The number of rotatable bonds is 4. The second kappa shape index (κ2) is 9.95. The van der Waals surface area contributed by atoms with E-state index in [4.69, 9.17) is 22.9 Å².